The van der Waals surface area contributed by atoms with Crippen molar-refractivity contribution < 1.29 is 4.74 Å². The normalized spacial score (nSPS) is 34.5. The minimum atomic E-state index is -0.200. The lowest BCUT2D eigenvalue weighted by Crippen LogP contribution is -2.49. The molecule has 0 amide bonds. The summed E-state index contributed by atoms with van der Waals surface area (Å²) in [4.78, 5) is 2.61. The van der Waals surface area contributed by atoms with Crippen molar-refractivity contribution in [3.05, 3.63) is 0 Å². The van der Waals surface area contributed by atoms with Crippen molar-refractivity contribution in [3.63, 3.8) is 0 Å². The highest BCUT2D eigenvalue weighted by Gasteiger charge is 2.52. The van der Waals surface area contributed by atoms with Crippen LogP contribution >= 0.6 is 0 Å². The molecule has 0 aromatic rings. The number of rotatable bonds is 4. The molecular weight excluding hydrogens is 248 g/mol. The minimum Gasteiger partial charge on any atom is -0.368 e. The molecule has 0 radical (unpaired) electrons. The summed E-state index contributed by atoms with van der Waals surface area (Å²) in [5.41, 5.74) is 6.17. The van der Waals surface area contributed by atoms with Gasteiger partial charge in [0, 0.05) is 18.5 Å². The Morgan fingerprint density at radius 2 is 1.70 bits per heavy atom. The molecule has 0 bridgehead atoms. The summed E-state index contributed by atoms with van der Waals surface area (Å²) in [5.74, 6) is 1.38. The second-order valence-electron chi connectivity index (χ2n) is 7.97. The number of hydrogen-bond donors (Lipinski definition) is 1. The highest BCUT2D eigenvalue weighted by molar-refractivity contribution is 5.04. The van der Waals surface area contributed by atoms with E-state index in [2.05, 4.69) is 39.5 Å². The van der Waals surface area contributed by atoms with E-state index in [4.69, 9.17) is 10.5 Å². The molecule has 3 heteroatoms. The number of nitrogens with two attached hydrogens (primary N) is 1. The van der Waals surface area contributed by atoms with Crippen LogP contribution in [0.25, 0.3) is 0 Å². The topological polar surface area (TPSA) is 38.5 Å². The van der Waals surface area contributed by atoms with Gasteiger partial charge in [0.15, 0.2) is 0 Å². The van der Waals surface area contributed by atoms with Gasteiger partial charge in [-0.05, 0) is 59.5 Å². The maximum absolute atomic E-state index is 6.47. The molecule has 0 aromatic heterocycles. The third-order valence-corrected chi connectivity index (χ3v) is 5.51. The molecule has 0 aliphatic carbocycles. The van der Waals surface area contributed by atoms with Crippen LogP contribution in [0, 0.1) is 11.8 Å². The molecule has 2 heterocycles. The summed E-state index contributed by atoms with van der Waals surface area (Å²) in [6.07, 6.45) is 5.45. The molecule has 2 N–H and O–H groups in total. The molecule has 2 aliphatic rings. The molecule has 2 saturated heterocycles. The fraction of sp³-hybridized carbons (Fsp3) is 1.00. The Morgan fingerprint density at radius 1 is 1.10 bits per heavy atom. The smallest absolute Gasteiger partial charge is 0.0788 e. The van der Waals surface area contributed by atoms with Crippen molar-refractivity contribution in [2.75, 3.05) is 19.6 Å². The predicted octanol–water partition coefficient (Wildman–Crippen LogP) is 3.03. The van der Waals surface area contributed by atoms with E-state index in [1.807, 2.05) is 0 Å². The Bertz CT molecular complexity index is 319. The molecule has 118 valence electrons. The van der Waals surface area contributed by atoms with Gasteiger partial charge in [0.1, 0.15) is 0 Å². The Kier molecular flexibility index (Phi) is 4.83. The Hall–Kier alpha value is -0.120. The number of nitrogens with zero attached hydrogens (tertiary/aromatic N) is 1. The number of hydrogen-bond acceptors (Lipinski definition) is 3. The van der Waals surface area contributed by atoms with Gasteiger partial charge in [-0.2, -0.15) is 0 Å². The second kappa shape index (κ2) is 5.94. The molecule has 0 spiro atoms. The lowest BCUT2D eigenvalue weighted by molar-refractivity contribution is -0.0789. The zero-order valence-corrected chi connectivity index (χ0v) is 14.1. The van der Waals surface area contributed by atoms with Gasteiger partial charge in [-0.25, -0.2) is 0 Å². The Labute approximate surface area is 125 Å². The fourth-order valence-corrected chi connectivity index (χ4v) is 4.22. The van der Waals surface area contributed by atoms with Crippen molar-refractivity contribution >= 4 is 0 Å². The molecule has 2 aliphatic heterocycles. The van der Waals surface area contributed by atoms with Crippen molar-refractivity contribution in [3.8, 4) is 0 Å². The number of likely N-dealkylation sites (tertiary alicyclic amines) is 1. The highest BCUT2D eigenvalue weighted by atomic mass is 16.5. The van der Waals surface area contributed by atoms with Crippen LogP contribution < -0.4 is 5.73 Å². The SMILES string of the molecule is CCCC1CCN(CC2C(N)C(C)(C)OC2(C)C)CC1. The van der Waals surface area contributed by atoms with Crippen LogP contribution in [0.3, 0.4) is 0 Å². The third kappa shape index (κ3) is 3.37. The van der Waals surface area contributed by atoms with Gasteiger partial charge in [-0.3, -0.25) is 0 Å². The third-order valence-electron chi connectivity index (χ3n) is 5.51. The highest BCUT2D eigenvalue weighted by Crippen LogP contribution is 2.41. The molecule has 2 atom stereocenters. The van der Waals surface area contributed by atoms with Gasteiger partial charge < -0.3 is 15.4 Å². The molecule has 2 rings (SSSR count). The summed E-state index contributed by atoms with van der Waals surface area (Å²) >= 11 is 0. The maximum Gasteiger partial charge on any atom is 0.0788 e. The molecule has 20 heavy (non-hydrogen) atoms. The van der Waals surface area contributed by atoms with Crippen LogP contribution in [-0.4, -0.2) is 41.8 Å². The summed E-state index contributed by atoms with van der Waals surface area (Å²) in [6.45, 7) is 14.5. The first-order chi connectivity index (χ1) is 9.26. The van der Waals surface area contributed by atoms with Gasteiger partial charge in [0.05, 0.1) is 11.2 Å². The van der Waals surface area contributed by atoms with E-state index in [1.165, 1.54) is 38.8 Å². The molecule has 3 nitrogen and oxygen atoms in total. The van der Waals surface area contributed by atoms with E-state index < -0.39 is 0 Å². The zero-order valence-electron chi connectivity index (χ0n) is 14.1. The van der Waals surface area contributed by atoms with Crippen LogP contribution in [0.5, 0.6) is 0 Å². The van der Waals surface area contributed by atoms with Crippen LogP contribution in [0.4, 0.5) is 0 Å². The molecule has 0 aromatic carbocycles. The predicted molar refractivity (Wildman–Crippen MR) is 84.8 cm³/mol. The fourth-order valence-electron chi connectivity index (χ4n) is 4.22. The summed E-state index contributed by atoms with van der Waals surface area (Å²) in [5, 5.41) is 0. The van der Waals surface area contributed by atoms with Gasteiger partial charge >= 0.3 is 0 Å². The van der Waals surface area contributed by atoms with Crippen LogP contribution in [-0.2, 0) is 4.74 Å². The van der Waals surface area contributed by atoms with E-state index in [1.54, 1.807) is 0 Å². The van der Waals surface area contributed by atoms with E-state index >= 15 is 0 Å². The first kappa shape index (κ1) is 16.3. The van der Waals surface area contributed by atoms with Gasteiger partial charge in [0.25, 0.3) is 0 Å². The van der Waals surface area contributed by atoms with E-state index in [0.29, 0.717) is 5.92 Å². The van der Waals surface area contributed by atoms with E-state index in [0.717, 1.165) is 12.5 Å². The standard InChI is InChI=1S/C17H34N2O/c1-6-7-13-8-10-19(11-9-13)12-14-15(18)17(4,5)20-16(14,2)3/h13-15H,6-12,18H2,1-5H3. The van der Waals surface area contributed by atoms with Gasteiger partial charge in [-0.15, -0.1) is 0 Å². The van der Waals surface area contributed by atoms with Crippen molar-refractivity contribution in [1.82, 2.24) is 4.90 Å². The molecule has 2 unspecified atom stereocenters. The maximum atomic E-state index is 6.47. The van der Waals surface area contributed by atoms with Crippen molar-refractivity contribution in [1.29, 1.82) is 0 Å². The first-order valence-corrected chi connectivity index (χ1v) is 8.44. The number of piperidine rings is 1. The van der Waals surface area contributed by atoms with Crippen LogP contribution in [0.2, 0.25) is 0 Å². The van der Waals surface area contributed by atoms with E-state index in [-0.39, 0.29) is 17.2 Å². The minimum absolute atomic E-state index is 0.108. The first-order valence-electron chi connectivity index (χ1n) is 8.44. The van der Waals surface area contributed by atoms with Crippen LogP contribution in [0.15, 0.2) is 0 Å². The molecule has 0 saturated carbocycles. The molecular formula is C17H34N2O. The zero-order chi connectivity index (χ0) is 15.0. The van der Waals surface area contributed by atoms with Crippen molar-refractivity contribution in [2.24, 2.45) is 17.6 Å². The Balaban J connectivity index is 1.91. The van der Waals surface area contributed by atoms with E-state index in [9.17, 15) is 0 Å². The average Bonchev–Trinajstić information content (AvgIpc) is 2.50. The summed E-state index contributed by atoms with van der Waals surface area (Å²) in [7, 11) is 0. The quantitative estimate of drug-likeness (QED) is 0.861. The van der Waals surface area contributed by atoms with Crippen LogP contribution in [0.1, 0.15) is 60.3 Å². The lowest BCUT2D eigenvalue weighted by Gasteiger charge is -2.37. The van der Waals surface area contributed by atoms with Gasteiger partial charge in [0.2, 0.25) is 0 Å². The molecule has 2 fully saturated rings. The largest absolute Gasteiger partial charge is 0.368 e. The summed E-state index contributed by atoms with van der Waals surface area (Å²) < 4.78 is 6.21. The van der Waals surface area contributed by atoms with Crippen molar-refractivity contribution in [2.45, 2.75) is 77.5 Å². The monoisotopic (exact) mass is 282 g/mol. The Morgan fingerprint density at radius 3 is 2.15 bits per heavy atom. The average molecular weight is 282 g/mol. The lowest BCUT2D eigenvalue weighted by atomic mass is 9.82. The second-order valence-corrected chi connectivity index (χ2v) is 7.97. The summed E-state index contributed by atoms with van der Waals surface area (Å²) in [6, 6.07) is 0.130. The van der Waals surface area contributed by atoms with Gasteiger partial charge in [-0.1, -0.05) is 19.8 Å². The number of ether oxygens (including phenoxy) is 1.